The van der Waals surface area contributed by atoms with E-state index in [2.05, 4.69) is 29.4 Å². The van der Waals surface area contributed by atoms with Gasteiger partial charge in [-0.3, -0.25) is 0 Å². The van der Waals surface area contributed by atoms with E-state index in [1.54, 1.807) is 0 Å². The Kier molecular flexibility index (Phi) is 4.04. The average molecular weight is 229 g/mol. The minimum atomic E-state index is -0.206. The Morgan fingerprint density at radius 2 is 2.00 bits per heavy atom. The summed E-state index contributed by atoms with van der Waals surface area (Å²) in [7, 11) is 0. The second kappa shape index (κ2) is 4.90. The Morgan fingerprint density at radius 1 is 1.33 bits per heavy atom. The SMILES string of the molecule is CC(C)NCc1nnc(OC(C)(C)C)s1. The fourth-order valence-corrected chi connectivity index (χ4v) is 1.72. The van der Waals surface area contributed by atoms with Gasteiger partial charge in [0.25, 0.3) is 5.19 Å². The first-order valence-corrected chi connectivity index (χ1v) is 5.93. The van der Waals surface area contributed by atoms with E-state index in [0.29, 0.717) is 11.2 Å². The van der Waals surface area contributed by atoms with Gasteiger partial charge in [-0.2, -0.15) is 0 Å². The highest BCUT2D eigenvalue weighted by molar-refractivity contribution is 7.13. The van der Waals surface area contributed by atoms with Crippen LogP contribution >= 0.6 is 11.3 Å². The molecule has 5 heteroatoms. The normalized spacial score (nSPS) is 12.1. The van der Waals surface area contributed by atoms with Crippen LogP contribution in [-0.2, 0) is 6.54 Å². The predicted molar refractivity (Wildman–Crippen MR) is 62.3 cm³/mol. The molecule has 1 heterocycles. The van der Waals surface area contributed by atoms with Crippen LogP contribution < -0.4 is 10.1 Å². The number of nitrogens with one attached hydrogen (secondary N) is 1. The molecule has 0 aliphatic carbocycles. The smallest absolute Gasteiger partial charge is 0.294 e. The van der Waals surface area contributed by atoms with Crippen molar-refractivity contribution in [3.63, 3.8) is 0 Å². The molecule has 0 saturated heterocycles. The van der Waals surface area contributed by atoms with E-state index in [1.165, 1.54) is 11.3 Å². The van der Waals surface area contributed by atoms with Gasteiger partial charge < -0.3 is 10.1 Å². The number of ether oxygens (including phenoxy) is 1. The summed E-state index contributed by atoms with van der Waals surface area (Å²) in [6, 6.07) is 0.459. The molecular weight excluding hydrogens is 210 g/mol. The summed E-state index contributed by atoms with van der Waals surface area (Å²) in [4.78, 5) is 0. The lowest BCUT2D eigenvalue weighted by Crippen LogP contribution is -2.22. The topological polar surface area (TPSA) is 47.0 Å². The van der Waals surface area contributed by atoms with Crippen LogP contribution in [0.4, 0.5) is 0 Å². The van der Waals surface area contributed by atoms with Crippen molar-refractivity contribution in [3.8, 4) is 5.19 Å². The molecule has 0 radical (unpaired) electrons. The number of hydrogen-bond acceptors (Lipinski definition) is 5. The molecule has 0 spiro atoms. The van der Waals surface area contributed by atoms with Gasteiger partial charge in [-0.25, -0.2) is 0 Å². The number of hydrogen-bond donors (Lipinski definition) is 1. The van der Waals surface area contributed by atoms with Gasteiger partial charge in [-0.05, 0) is 20.8 Å². The van der Waals surface area contributed by atoms with Gasteiger partial charge in [0, 0.05) is 6.04 Å². The van der Waals surface area contributed by atoms with Gasteiger partial charge in [-0.1, -0.05) is 30.3 Å². The maximum atomic E-state index is 5.61. The van der Waals surface area contributed by atoms with E-state index < -0.39 is 0 Å². The molecular formula is C10H19N3OS. The van der Waals surface area contributed by atoms with Gasteiger partial charge in [0.1, 0.15) is 10.6 Å². The summed E-state index contributed by atoms with van der Waals surface area (Å²) < 4.78 is 5.61. The van der Waals surface area contributed by atoms with Crippen LogP contribution in [-0.4, -0.2) is 21.8 Å². The Hall–Kier alpha value is -0.680. The summed E-state index contributed by atoms with van der Waals surface area (Å²) in [5.74, 6) is 0. The zero-order chi connectivity index (χ0) is 11.5. The van der Waals surface area contributed by atoms with E-state index in [4.69, 9.17) is 4.74 Å². The van der Waals surface area contributed by atoms with Crippen molar-refractivity contribution in [2.75, 3.05) is 0 Å². The van der Waals surface area contributed by atoms with E-state index in [-0.39, 0.29) is 5.60 Å². The summed E-state index contributed by atoms with van der Waals surface area (Å²) in [6.45, 7) is 11.0. The van der Waals surface area contributed by atoms with Gasteiger partial charge >= 0.3 is 0 Å². The van der Waals surface area contributed by atoms with Gasteiger partial charge in [0.15, 0.2) is 0 Å². The second-order valence-corrected chi connectivity index (χ2v) is 5.74. The average Bonchev–Trinajstić information content (AvgIpc) is 2.45. The fraction of sp³-hybridized carbons (Fsp3) is 0.800. The van der Waals surface area contributed by atoms with Crippen LogP contribution in [0.2, 0.25) is 0 Å². The molecule has 86 valence electrons. The Bertz CT molecular complexity index is 304. The molecule has 0 amide bonds. The summed E-state index contributed by atoms with van der Waals surface area (Å²) in [5.41, 5.74) is -0.206. The van der Waals surface area contributed by atoms with E-state index in [1.807, 2.05) is 20.8 Å². The molecule has 1 rings (SSSR count). The van der Waals surface area contributed by atoms with Crippen molar-refractivity contribution in [1.29, 1.82) is 0 Å². The minimum absolute atomic E-state index is 0.206. The number of aromatic nitrogens is 2. The van der Waals surface area contributed by atoms with Crippen molar-refractivity contribution < 1.29 is 4.74 Å². The zero-order valence-corrected chi connectivity index (χ0v) is 10.8. The monoisotopic (exact) mass is 229 g/mol. The lowest BCUT2D eigenvalue weighted by molar-refractivity contribution is 0.129. The number of nitrogens with zero attached hydrogens (tertiary/aromatic N) is 2. The quantitative estimate of drug-likeness (QED) is 0.860. The second-order valence-electron chi connectivity index (χ2n) is 4.71. The highest BCUT2D eigenvalue weighted by atomic mass is 32.1. The zero-order valence-electron chi connectivity index (χ0n) is 10.00. The highest BCUT2D eigenvalue weighted by Crippen LogP contribution is 2.22. The highest BCUT2D eigenvalue weighted by Gasteiger charge is 2.15. The molecule has 0 aliphatic rings. The van der Waals surface area contributed by atoms with Crippen LogP contribution in [0.25, 0.3) is 0 Å². The fourth-order valence-electron chi connectivity index (χ4n) is 0.904. The Morgan fingerprint density at radius 3 is 2.53 bits per heavy atom. The van der Waals surface area contributed by atoms with Crippen molar-refractivity contribution >= 4 is 11.3 Å². The van der Waals surface area contributed by atoms with E-state index in [9.17, 15) is 0 Å². The van der Waals surface area contributed by atoms with Crippen molar-refractivity contribution in [2.45, 2.75) is 52.8 Å². The molecule has 1 aromatic heterocycles. The van der Waals surface area contributed by atoms with Gasteiger partial charge in [0.05, 0.1) is 6.54 Å². The molecule has 0 saturated carbocycles. The molecule has 0 aromatic carbocycles. The first kappa shape index (κ1) is 12.4. The lowest BCUT2D eigenvalue weighted by atomic mass is 10.2. The standard InChI is InChI=1S/C10H19N3OS/c1-7(2)11-6-8-12-13-9(15-8)14-10(3,4)5/h7,11H,6H2,1-5H3. The molecule has 4 nitrogen and oxygen atoms in total. The Balaban J connectivity index is 2.49. The molecule has 0 bridgehead atoms. The third kappa shape index (κ3) is 5.09. The van der Waals surface area contributed by atoms with Crippen LogP contribution in [0.1, 0.15) is 39.6 Å². The van der Waals surface area contributed by atoms with Crippen LogP contribution in [0.3, 0.4) is 0 Å². The van der Waals surface area contributed by atoms with Crippen LogP contribution in [0.5, 0.6) is 5.19 Å². The van der Waals surface area contributed by atoms with E-state index >= 15 is 0 Å². The van der Waals surface area contributed by atoms with Crippen LogP contribution in [0.15, 0.2) is 0 Å². The third-order valence-electron chi connectivity index (χ3n) is 1.50. The maximum Gasteiger partial charge on any atom is 0.294 e. The molecule has 0 fully saturated rings. The van der Waals surface area contributed by atoms with Crippen LogP contribution in [0, 0.1) is 0 Å². The van der Waals surface area contributed by atoms with Gasteiger partial charge in [0.2, 0.25) is 0 Å². The largest absolute Gasteiger partial charge is 0.463 e. The Labute approximate surface area is 95.1 Å². The number of rotatable bonds is 4. The maximum absolute atomic E-state index is 5.61. The molecule has 1 N–H and O–H groups in total. The summed E-state index contributed by atoms with van der Waals surface area (Å²) >= 11 is 1.49. The van der Waals surface area contributed by atoms with Crippen molar-refractivity contribution in [2.24, 2.45) is 0 Å². The minimum Gasteiger partial charge on any atom is -0.463 e. The molecule has 0 aliphatic heterocycles. The van der Waals surface area contributed by atoms with Crippen molar-refractivity contribution in [3.05, 3.63) is 5.01 Å². The predicted octanol–water partition coefficient (Wildman–Crippen LogP) is 2.21. The molecule has 0 unspecified atom stereocenters. The first-order valence-electron chi connectivity index (χ1n) is 5.11. The van der Waals surface area contributed by atoms with E-state index in [0.717, 1.165) is 11.6 Å². The van der Waals surface area contributed by atoms with Gasteiger partial charge in [-0.15, -0.1) is 5.10 Å². The lowest BCUT2D eigenvalue weighted by Gasteiger charge is -2.17. The van der Waals surface area contributed by atoms with Crippen molar-refractivity contribution in [1.82, 2.24) is 15.5 Å². The first-order chi connectivity index (χ1) is 6.87. The molecule has 0 atom stereocenters. The third-order valence-corrected chi connectivity index (χ3v) is 2.30. The summed E-state index contributed by atoms with van der Waals surface area (Å²) in [5, 5.41) is 12.9. The molecule has 1 aromatic rings. The summed E-state index contributed by atoms with van der Waals surface area (Å²) in [6.07, 6.45) is 0. The molecule has 15 heavy (non-hydrogen) atoms.